The third kappa shape index (κ3) is 4.80. The zero-order chi connectivity index (χ0) is 4.28. The van der Waals surface area contributed by atoms with Gasteiger partial charge < -0.3 is 0 Å². The SMILES string of the molecule is OC[CH](O)[BiH]. The predicted molar refractivity (Wildman–Crippen MR) is 20.2 cm³/mol. The summed E-state index contributed by atoms with van der Waals surface area (Å²) in [6.45, 7) is -0.0772. The number of hydrogen-bond donors (Lipinski definition) is 2. The zero-order valence-corrected chi connectivity index (χ0v) is 6.57. The first kappa shape index (κ1) is 5.80. The van der Waals surface area contributed by atoms with Gasteiger partial charge in [-0.1, -0.05) is 0 Å². The van der Waals surface area contributed by atoms with Crippen LogP contribution in [0, 0.1) is 0 Å². The Morgan fingerprint density at radius 2 is 2.00 bits per heavy atom. The van der Waals surface area contributed by atoms with Gasteiger partial charge in [-0.05, 0) is 0 Å². The number of aliphatic hydroxyl groups excluding tert-OH is 2. The maximum absolute atomic E-state index is 8.17. The fourth-order valence-electron chi connectivity index (χ4n) is 0. The minimum atomic E-state index is -0.421. The predicted octanol–water partition coefficient (Wildman–Crippen LogP) is -1.80. The summed E-state index contributed by atoms with van der Waals surface area (Å²) in [4.78, 5) is 0. The van der Waals surface area contributed by atoms with E-state index in [1.54, 1.807) is 0 Å². The fourth-order valence-corrected chi connectivity index (χ4v) is 0. The summed E-state index contributed by atoms with van der Waals surface area (Å²) in [5.74, 6) is 0. The molecule has 0 spiro atoms. The molecule has 0 fully saturated rings. The summed E-state index contributed by atoms with van der Waals surface area (Å²) in [6, 6.07) is 0. The van der Waals surface area contributed by atoms with E-state index in [-0.39, 0.29) is 6.61 Å². The molecule has 0 saturated carbocycles. The molecule has 0 heterocycles. The third-order valence-electron chi connectivity index (χ3n) is 0.173. The molecular formula is C2H6BiO2. The topological polar surface area (TPSA) is 40.5 Å². The Hall–Kier alpha value is 0.803. The van der Waals surface area contributed by atoms with Crippen LogP contribution in [-0.4, -0.2) is 45.4 Å². The van der Waals surface area contributed by atoms with Gasteiger partial charge >= 0.3 is 45.4 Å². The van der Waals surface area contributed by atoms with Gasteiger partial charge in [-0.2, -0.15) is 0 Å². The van der Waals surface area contributed by atoms with E-state index in [0.717, 1.165) is 0 Å². The van der Waals surface area contributed by atoms with Gasteiger partial charge in [0, 0.05) is 0 Å². The van der Waals surface area contributed by atoms with Crippen molar-refractivity contribution in [3.8, 4) is 0 Å². The van der Waals surface area contributed by atoms with E-state index in [4.69, 9.17) is 10.2 Å². The molecule has 0 rings (SSSR count). The Labute approximate surface area is 45.7 Å². The molecule has 0 aromatic heterocycles. The molecule has 2 N–H and O–H groups in total. The van der Waals surface area contributed by atoms with E-state index in [9.17, 15) is 0 Å². The van der Waals surface area contributed by atoms with Crippen molar-refractivity contribution in [3.05, 3.63) is 0 Å². The van der Waals surface area contributed by atoms with Crippen LogP contribution < -0.4 is 0 Å². The van der Waals surface area contributed by atoms with Crippen LogP contribution in [0.25, 0.3) is 0 Å². The summed E-state index contributed by atoms with van der Waals surface area (Å²) in [5, 5.41) is 16.1. The average molecular weight is 271 g/mol. The van der Waals surface area contributed by atoms with Gasteiger partial charge in [0.15, 0.2) is 0 Å². The van der Waals surface area contributed by atoms with Crippen molar-refractivity contribution in [3.63, 3.8) is 0 Å². The van der Waals surface area contributed by atoms with Crippen molar-refractivity contribution in [1.82, 2.24) is 0 Å². The van der Waals surface area contributed by atoms with Crippen molar-refractivity contribution in [2.75, 3.05) is 6.61 Å². The summed E-state index contributed by atoms with van der Waals surface area (Å²) in [7, 11) is 0. The van der Waals surface area contributed by atoms with Crippen molar-refractivity contribution in [1.29, 1.82) is 0 Å². The Morgan fingerprint density at radius 3 is 2.00 bits per heavy atom. The molecule has 0 aromatic rings. The van der Waals surface area contributed by atoms with Crippen LogP contribution in [0.1, 0.15) is 0 Å². The van der Waals surface area contributed by atoms with Crippen LogP contribution in [0.2, 0.25) is 0 Å². The normalized spacial score (nSPS) is 15.0. The van der Waals surface area contributed by atoms with Crippen LogP contribution in [0.5, 0.6) is 0 Å². The summed E-state index contributed by atoms with van der Waals surface area (Å²) >= 11 is 0.675. The molecule has 1 unspecified atom stereocenters. The van der Waals surface area contributed by atoms with Crippen LogP contribution in [0.15, 0.2) is 0 Å². The van der Waals surface area contributed by atoms with Crippen LogP contribution in [-0.2, 0) is 0 Å². The number of rotatable bonds is 1. The number of hydrogen-bond acceptors (Lipinski definition) is 2. The molecule has 0 amide bonds. The van der Waals surface area contributed by atoms with E-state index in [2.05, 4.69) is 0 Å². The Kier molecular flexibility index (Phi) is 3.50. The minimum absolute atomic E-state index is 0.0772. The molecule has 0 saturated heterocycles. The van der Waals surface area contributed by atoms with Gasteiger partial charge in [0.1, 0.15) is 0 Å². The Morgan fingerprint density at radius 1 is 1.80 bits per heavy atom. The van der Waals surface area contributed by atoms with Gasteiger partial charge in [-0.25, -0.2) is 0 Å². The molecule has 0 aliphatic heterocycles. The summed E-state index contributed by atoms with van der Waals surface area (Å²) < 4.78 is -0.421. The molecular weight excluding hydrogens is 265 g/mol. The van der Waals surface area contributed by atoms with E-state index in [1.807, 2.05) is 0 Å². The molecule has 5 heavy (non-hydrogen) atoms. The summed E-state index contributed by atoms with van der Waals surface area (Å²) in [5.41, 5.74) is 0. The zero-order valence-electron chi connectivity index (χ0n) is 2.68. The Balaban J connectivity index is 2.54. The fraction of sp³-hybridized carbons (Fsp3) is 1.00. The van der Waals surface area contributed by atoms with E-state index < -0.39 is 3.81 Å². The number of aliphatic hydroxyl groups is 2. The molecule has 0 bridgehead atoms. The second-order valence-electron chi connectivity index (χ2n) is 0.698. The van der Waals surface area contributed by atoms with Crippen LogP contribution >= 0.6 is 0 Å². The Bertz CT molecular complexity index is 21.6. The maximum atomic E-state index is 8.17. The van der Waals surface area contributed by atoms with Crippen LogP contribution in [0.3, 0.4) is 0 Å². The first-order chi connectivity index (χ1) is 2.27. The van der Waals surface area contributed by atoms with Gasteiger partial charge in [0.2, 0.25) is 0 Å². The molecule has 3 heteroatoms. The monoisotopic (exact) mass is 271 g/mol. The van der Waals surface area contributed by atoms with Gasteiger partial charge in [-0.15, -0.1) is 0 Å². The standard InChI is InChI=1S/C2H5O2.Bi.H/c3-1-2-4;;/h1,3-4H,2H2;;. The average Bonchev–Trinajstić information content (AvgIpc) is 1.38. The van der Waals surface area contributed by atoms with Crippen LogP contribution in [0.4, 0.5) is 0 Å². The van der Waals surface area contributed by atoms with Crippen molar-refractivity contribution >= 4 is 24.7 Å². The molecule has 0 aromatic carbocycles. The van der Waals surface area contributed by atoms with Crippen molar-refractivity contribution < 1.29 is 10.2 Å². The van der Waals surface area contributed by atoms with Gasteiger partial charge in [-0.3, -0.25) is 0 Å². The first-order valence-corrected chi connectivity index (χ1v) is 3.52. The molecule has 0 aliphatic rings. The molecule has 1 atom stereocenters. The summed E-state index contributed by atoms with van der Waals surface area (Å²) in [6.07, 6.45) is 0. The van der Waals surface area contributed by atoms with Gasteiger partial charge in [0.05, 0.1) is 0 Å². The molecule has 31 valence electrons. The van der Waals surface area contributed by atoms with Crippen molar-refractivity contribution in [2.24, 2.45) is 0 Å². The molecule has 1 radical (unpaired) electrons. The van der Waals surface area contributed by atoms with E-state index in [1.165, 1.54) is 0 Å². The van der Waals surface area contributed by atoms with Crippen molar-refractivity contribution in [2.45, 2.75) is 3.81 Å². The van der Waals surface area contributed by atoms with E-state index >= 15 is 0 Å². The van der Waals surface area contributed by atoms with Gasteiger partial charge in [0.25, 0.3) is 0 Å². The quantitative estimate of drug-likeness (QED) is 0.552. The second kappa shape index (κ2) is 3.01. The third-order valence-corrected chi connectivity index (χ3v) is 0.883. The molecule has 0 aliphatic carbocycles. The molecule has 2 nitrogen and oxygen atoms in total. The van der Waals surface area contributed by atoms with E-state index in [0.29, 0.717) is 24.7 Å². The second-order valence-corrected chi connectivity index (χ2v) is 3.29. The first-order valence-electron chi connectivity index (χ1n) is 1.27.